The standard InChI is InChI=1S/C6H9F3N/c1-10-3-2-5(4-10)6(7,8)9/h2,5H,3-4H2,1H3. The average molecular weight is 152 g/mol. The SMILES string of the molecule is CN1C[CH]C(C(F)(F)F)C1. The number of hydrogen-bond donors (Lipinski definition) is 0. The monoisotopic (exact) mass is 152 g/mol. The smallest absolute Gasteiger partial charge is 0.305 e. The number of alkyl halides is 3. The van der Waals surface area contributed by atoms with Gasteiger partial charge in [0.1, 0.15) is 0 Å². The lowest BCUT2D eigenvalue weighted by molar-refractivity contribution is -0.162. The fourth-order valence-corrected chi connectivity index (χ4v) is 1.03. The predicted molar refractivity (Wildman–Crippen MR) is 31.3 cm³/mol. The number of nitrogens with zero attached hydrogens (tertiary/aromatic N) is 1. The van der Waals surface area contributed by atoms with Crippen molar-refractivity contribution in [3.8, 4) is 0 Å². The van der Waals surface area contributed by atoms with Crippen LogP contribution in [0.25, 0.3) is 0 Å². The molecule has 0 aromatic rings. The van der Waals surface area contributed by atoms with E-state index in [-0.39, 0.29) is 6.54 Å². The predicted octanol–water partition coefficient (Wildman–Crippen LogP) is 1.31. The van der Waals surface area contributed by atoms with Crippen LogP contribution in [0, 0.1) is 12.3 Å². The van der Waals surface area contributed by atoms with Crippen LogP contribution in [0.2, 0.25) is 0 Å². The number of halogens is 3. The first kappa shape index (κ1) is 7.85. The molecule has 0 aliphatic carbocycles. The Morgan fingerprint density at radius 2 is 2.10 bits per heavy atom. The molecule has 0 saturated carbocycles. The molecule has 0 N–H and O–H groups in total. The third-order valence-electron chi connectivity index (χ3n) is 1.63. The van der Waals surface area contributed by atoms with E-state index in [0.717, 1.165) is 0 Å². The lowest BCUT2D eigenvalue weighted by Crippen LogP contribution is -2.25. The van der Waals surface area contributed by atoms with Crippen LogP contribution >= 0.6 is 0 Å². The summed E-state index contributed by atoms with van der Waals surface area (Å²) in [5.41, 5.74) is 0. The van der Waals surface area contributed by atoms with Crippen LogP contribution in [-0.2, 0) is 0 Å². The number of likely N-dealkylation sites (tertiary alicyclic amines) is 1. The van der Waals surface area contributed by atoms with Crippen molar-refractivity contribution in [3.63, 3.8) is 0 Å². The van der Waals surface area contributed by atoms with Crippen LogP contribution < -0.4 is 0 Å². The Bertz CT molecular complexity index is 121. The summed E-state index contributed by atoms with van der Waals surface area (Å²) in [6, 6.07) is 0. The Hall–Kier alpha value is -0.250. The summed E-state index contributed by atoms with van der Waals surface area (Å²) >= 11 is 0. The molecule has 0 aromatic carbocycles. The van der Waals surface area contributed by atoms with Crippen LogP contribution in [0.4, 0.5) is 13.2 Å². The zero-order valence-electron chi connectivity index (χ0n) is 5.65. The van der Waals surface area contributed by atoms with Gasteiger partial charge in [-0.25, -0.2) is 0 Å². The van der Waals surface area contributed by atoms with Crippen molar-refractivity contribution in [2.45, 2.75) is 6.18 Å². The van der Waals surface area contributed by atoms with Crippen molar-refractivity contribution >= 4 is 0 Å². The molecule has 1 heterocycles. The highest BCUT2D eigenvalue weighted by Gasteiger charge is 2.42. The summed E-state index contributed by atoms with van der Waals surface area (Å²) in [6.45, 7) is 0.563. The van der Waals surface area contributed by atoms with Gasteiger partial charge in [-0.3, -0.25) is 0 Å². The Morgan fingerprint density at radius 3 is 2.30 bits per heavy atom. The topological polar surface area (TPSA) is 3.24 Å². The average Bonchev–Trinajstić information content (AvgIpc) is 2.11. The molecule has 1 saturated heterocycles. The van der Waals surface area contributed by atoms with E-state index >= 15 is 0 Å². The Morgan fingerprint density at radius 1 is 1.50 bits per heavy atom. The Labute approximate surface area is 57.8 Å². The third-order valence-corrected chi connectivity index (χ3v) is 1.63. The van der Waals surface area contributed by atoms with E-state index in [0.29, 0.717) is 6.54 Å². The number of hydrogen-bond acceptors (Lipinski definition) is 1. The van der Waals surface area contributed by atoms with E-state index in [9.17, 15) is 13.2 Å². The van der Waals surface area contributed by atoms with E-state index in [1.165, 1.54) is 6.42 Å². The van der Waals surface area contributed by atoms with E-state index < -0.39 is 12.1 Å². The second-order valence-corrected chi connectivity index (χ2v) is 2.61. The molecule has 1 fully saturated rings. The van der Waals surface area contributed by atoms with Crippen LogP contribution in [0.3, 0.4) is 0 Å². The Kier molecular flexibility index (Phi) is 1.90. The van der Waals surface area contributed by atoms with Crippen LogP contribution in [0.1, 0.15) is 0 Å². The molecule has 1 nitrogen and oxygen atoms in total. The maximum atomic E-state index is 11.9. The molecular weight excluding hydrogens is 143 g/mol. The molecule has 0 bridgehead atoms. The maximum Gasteiger partial charge on any atom is 0.393 e. The van der Waals surface area contributed by atoms with Gasteiger partial charge in [-0.2, -0.15) is 13.2 Å². The van der Waals surface area contributed by atoms with Crippen molar-refractivity contribution in [2.24, 2.45) is 5.92 Å². The highest BCUT2D eigenvalue weighted by molar-refractivity contribution is 4.92. The normalized spacial score (nSPS) is 29.4. The van der Waals surface area contributed by atoms with E-state index in [1.807, 2.05) is 0 Å². The van der Waals surface area contributed by atoms with Crippen LogP contribution in [-0.4, -0.2) is 31.2 Å². The molecule has 1 unspecified atom stereocenters. The van der Waals surface area contributed by atoms with Gasteiger partial charge in [0, 0.05) is 13.1 Å². The van der Waals surface area contributed by atoms with Crippen LogP contribution in [0.5, 0.6) is 0 Å². The first-order valence-corrected chi connectivity index (χ1v) is 3.09. The van der Waals surface area contributed by atoms with Crippen molar-refractivity contribution in [3.05, 3.63) is 6.42 Å². The minimum atomic E-state index is -4.04. The fraction of sp³-hybridized carbons (Fsp3) is 0.833. The summed E-state index contributed by atoms with van der Waals surface area (Å²) in [5, 5.41) is 0. The van der Waals surface area contributed by atoms with Gasteiger partial charge < -0.3 is 4.90 Å². The highest BCUT2D eigenvalue weighted by Crippen LogP contribution is 2.31. The van der Waals surface area contributed by atoms with Gasteiger partial charge in [0.15, 0.2) is 0 Å². The quantitative estimate of drug-likeness (QED) is 0.506. The largest absolute Gasteiger partial charge is 0.393 e. The van der Waals surface area contributed by atoms with E-state index in [1.54, 1.807) is 11.9 Å². The fourth-order valence-electron chi connectivity index (χ4n) is 1.03. The van der Waals surface area contributed by atoms with Crippen molar-refractivity contribution < 1.29 is 13.2 Å². The van der Waals surface area contributed by atoms with Crippen molar-refractivity contribution in [1.82, 2.24) is 4.90 Å². The minimum Gasteiger partial charge on any atom is -0.305 e. The molecule has 0 spiro atoms. The Balaban J connectivity index is 2.45. The maximum absolute atomic E-state index is 11.9. The molecular formula is C6H9F3N. The molecule has 1 rings (SSSR count). The van der Waals surface area contributed by atoms with E-state index in [2.05, 4.69) is 0 Å². The van der Waals surface area contributed by atoms with Gasteiger partial charge in [-0.15, -0.1) is 0 Å². The van der Waals surface area contributed by atoms with Gasteiger partial charge in [0.2, 0.25) is 0 Å². The molecule has 4 heteroatoms. The molecule has 10 heavy (non-hydrogen) atoms. The lowest BCUT2D eigenvalue weighted by Gasteiger charge is -2.13. The second kappa shape index (κ2) is 2.42. The molecule has 1 aliphatic rings. The summed E-state index contributed by atoms with van der Waals surface area (Å²) < 4.78 is 35.6. The lowest BCUT2D eigenvalue weighted by atomic mass is 10.1. The molecule has 1 radical (unpaired) electrons. The van der Waals surface area contributed by atoms with E-state index in [4.69, 9.17) is 0 Å². The van der Waals surface area contributed by atoms with Gasteiger partial charge in [-0.05, 0) is 13.5 Å². The van der Waals surface area contributed by atoms with Crippen molar-refractivity contribution in [1.29, 1.82) is 0 Å². The molecule has 1 aliphatic heterocycles. The summed E-state index contributed by atoms with van der Waals surface area (Å²) in [7, 11) is 1.68. The van der Waals surface area contributed by atoms with Crippen molar-refractivity contribution in [2.75, 3.05) is 20.1 Å². The van der Waals surface area contributed by atoms with Gasteiger partial charge in [0.05, 0.1) is 5.92 Å². The summed E-state index contributed by atoms with van der Waals surface area (Å²) in [4.78, 5) is 1.65. The highest BCUT2D eigenvalue weighted by atomic mass is 19.4. The van der Waals surface area contributed by atoms with Gasteiger partial charge >= 0.3 is 6.18 Å². The molecule has 0 amide bonds. The second-order valence-electron chi connectivity index (χ2n) is 2.61. The van der Waals surface area contributed by atoms with Gasteiger partial charge in [-0.1, -0.05) is 0 Å². The summed E-state index contributed by atoms with van der Waals surface area (Å²) in [5.74, 6) is -1.21. The number of rotatable bonds is 0. The zero-order valence-corrected chi connectivity index (χ0v) is 5.65. The molecule has 1 atom stereocenters. The zero-order chi connectivity index (χ0) is 7.78. The molecule has 59 valence electrons. The third kappa shape index (κ3) is 1.62. The first-order valence-electron chi connectivity index (χ1n) is 3.09. The molecule has 0 aromatic heterocycles. The van der Waals surface area contributed by atoms with Crippen LogP contribution in [0.15, 0.2) is 0 Å². The summed E-state index contributed by atoms with van der Waals surface area (Å²) in [6.07, 6.45) is -2.73. The van der Waals surface area contributed by atoms with Gasteiger partial charge in [0.25, 0.3) is 0 Å². The first-order chi connectivity index (χ1) is 4.50. The minimum absolute atomic E-state index is 0.115.